The maximum atomic E-state index is 12.3. The highest BCUT2D eigenvalue weighted by Crippen LogP contribution is 2.41. The van der Waals surface area contributed by atoms with E-state index in [1.807, 2.05) is 6.92 Å². The lowest BCUT2D eigenvalue weighted by atomic mass is 9.66. The molecule has 3 atom stereocenters. The fourth-order valence-corrected chi connectivity index (χ4v) is 4.52. The number of nitrogens with one attached hydrogen (secondary N) is 1. The molecule has 29 heavy (non-hydrogen) atoms. The van der Waals surface area contributed by atoms with Crippen molar-refractivity contribution < 1.29 is 14.7 Å². The van der Waals surface area contributed by atoms with Crippen LogP contribution in [0.5, 0.6) is 0 Å². The first-order valence-corrected chi connectivity index (χ1v) is 12.3. The molecule has 4 nitrogen and oxygen atoms in total. The van der Waals surface area contributed by atoms with Crippen molar-refractivity contribution in [2.45, 2.75) is 125 Å². The average Bonchev–Trinajstić information content (AvgIpc) is 2.68. The van der Waals surface area contributed by atoms with Crippen molar-refractivity contribution in [3.05, 3.63) is 0 Å². The maximum Gasteiger partial charge on any atom is 0.307 e. The number of unbranched alkanes of at least 4 members (excludes halogenated alkanes) is 11. The number of carbonyl (C=O) groups excluding carboxylic acids is 1. The largest absolute Gasteiger partial charge is 0.481 e. The van der Waals surface area contributed by atoms with Crippen molar-refractivity contribution in [1.82, 2.24) is 5.32 Å². The van der Waals surface area contributed by atoms with Crippen molar-refractivity contribution in [2.75, 3.05) is 6.54 Å². The van der Waals surface area contributed by atoms with E-state index in [1.54, 1.807) is 6.92 Å². The molecule has 0 saturated heterocycles. The summed E-state index contributed by atoms with van der Waals surface area (Å²) in [7, 11) is 0. The van der Waals surface area contributed by atoms with Gasteiger partial charge in [-0.15, -0.1) is 0 Å². The number of aliphatic carboxylic acids is 1. The second kappa shape index (κ2) is 16.7. The van der Waals surface area contributed by atoms with Gasteiger partial charge in [0.1, 0.15) is 0 Å². The van der Waals surface area contributed by atoms with Crippen LogP contribution in [0, 0.1) is 17.3 Å². The predicted molar refractivity (Wildman–Crippen MR) is 123 cm³/mol. The van der Waals surface area contributed by atoms with E-state index in [1.165, 1.54) is 64.2 Å². The molecule has 0 radical (unpaired) electrons. The first-order chi connectivity index (χ1) is 13.8. The number of carbonyl (C=O) groups is 2. The minimum Gasteiger partial charge on any atom is -0.481 e. The van der Waals surface area contributed by atoms with E-state index in [4.69, 9.17) is 0 Å². The third-order valence-corrected chi connectivity index (χ3v) is 6.69. The Morgan fingerprint density at radius 1 is 0.828 bits per heavy atom. The van der Waals surface area contributed by atoms with Crippen LogP contribution in [0.4, 0.5) is 0 Å². The van der Waals surface area contributed by atoms with E-state index in [0.717, 1.165) is 25.7 Å². The maximum absolute atomic E-state index is 12.3. The molecule has 0 aliphatic heterocycles. The zero-order chi connectivity index (χ0) is 22.1. The minimum atomic E-state index is -0.841. The van der Waals surface area contributed by atoms with E-state index in [9.17, 15) is 14.7 Å². The van der Waals surface area contributed by atoms with Crippen molar-refractivity contribution in [3.8, 4) is 0 Å². The third-order valence-electron chi connectivity index (χ3n) is 6.69. The highest BCUT2D eigenvalue weighted by molar-refractivity contribution is 5.84. The summed E-state index contributed by atoms with van der Waals surface area (Å²) in [4.78, 5) is 24.2. The molecule has 0 fully saturated rings. The van der Waals surface area contributed by atoms with Gasteiger partial charge in [-0.3, -0.25) is 9.59 Å². The van der Waals surface area contributed by atoms with E-state index < -0.39 is 17.8 Å². The number of hydrogen-bond donors (Lipinski definition) is 2. The molecule has 0 aromatic heterocycles. The summed E-state index contributed by atoms with van der Waals surface area (Å²) < 4.78 is 0. The lowest BCUT2D eigenvalue weighted by molar-refractivity contribution is -0.153. The van der Waals surface area contributed by atoms with E-state index in [2.05, 4.69) is 26.1 Å². The zero-order valence-corrected chi connectivity index (χ0v) is 20.0. The normalized spacial score (nSPS) is 15.5. The first-order valence-electron chi connectivity index (χ1n) is 12.3. The Balaban J connectivity index is 4.21. The van der Waals surface area contributed by atoms with Crippen LogP contribution in [0.25, 0.3) is 0 Å². The van der Waals surface area contributed by atoms with Crippen LogP contribution in [0.3, 0.4) is 0 Å². The monoisotopic (exact) mass is 411 g/mol. The number of amides is 1. The summed E-state index contributed by atoms with van der Waals surface area (Å²) in [5.74, 6) is -2.12. The van der Waals surface area contributed by atoms with Crippen LogP contribution in [0.1, 0.15) is 125 Å². The first kappa shape index (κ1) is 27.9. The van der Waals surface area contributed by atoms with Crippen LogP contribution >= 0.6 is 0 Å². The molecule has 1 amide bonds. The van der Waals surface area contributed by atoms with Crippen molar-refractivity contribution in [2.24, 2.45) is 17.3 Å². The molecule has 0 spiro atoms. The van der Waals surface area contributed by atoms with Gasteiger partial charge in [-0.25, -0.2) is 0 Å². The summed E-state index contributed by atoms with van der Waals surface area (Å²) in [6, 6.07) is 0. The molecule has 0 heterocycles. The fourth-order valence-electron chi connectivity index (χ4n) is 4.52. The molecule has 0 bridgehead atoms. The van der Waals surface area contributed by atoms with Gasteiger partial charge in [0.15, 0.2) is 0 Å². The molecular weight excluding hydrogens is 362 g/mol. The van der Waals surface area contributed by atoms with Gasteiger partial charge in [0.2, 0.25) is 5.91 Å². The number of rotatable bonds is 19. The van der Waals surface area contributed by atoms with Gasteiger partial charge in [0.05, 0.1) is 5.92 Å². The van der Waals surface area contributed by atoms with Gasteiger partial charge in [0, 0.05) is 12.5 Å². The van der Waals surface area contributed by atoms with Gasteiger partial charge in [0.25, 0.3) is 0 Å². The molecule has 2 N–H and O–H groups in total. The lowest BCUT2D eigenvalue weighted by Gasteiger charge is -2.37. The van der Waals surface area contributed by atoms with E-state index >= 15 is 0 Å². The second-order valence-corrected chi connectivity index (χ2v) is 9.15. The quantitative estimate of drug-likeness (QED) is 0.226. The topological polar surface area (TPSA) is 66.4 Å². The summed E-state index contributed by atoms with van der Waals surface area (Å²) in [6.07, 6.45) is 17.3. The second-order valence-electron chi connectivity index (χ2n) is 9.15. The molecule has 0 saturated carbocycles. The molecular formula is C25H49NO3. The van der Waals surface area contributed by atoms with Crippen LogP contribution < -0.4 is 5.32 Å². The minimum absolute atomic E-state index is 0.144. The molecule has 3 unspecified atom stereocenters. The molecule has 0 aromatic rings. The van der Waals surface area contributed by atoms with Gasteiger partial charge < -0.3 is 10.4 Å². The van der Waals surface area contributed by atoms with E-state index in [0.29, 0.717) is 6.54 Å². The Bertz CT molecular complexity index is 438. The van der Waals surface area contributed by atoms with Gasteiger partial charge >= 0.3 is 5.97 Å². The fraction of sp³-hybridized carbons (Fsp3) is 0.920. The molecule has 4 heteroatoms. The molecule has 0 aliphatic carbocycles. The van der Waals surface area contributed by atoms with Crippen LogP contribution in [0.2, 0.25) is 0 Å². The summed E-state index contributed by atoms with van der Waals surface area (Å²) in [6.45, 7) is 10.5. The predicted octanol–water partition coefficient (Wildman–Crippen LogP) is 6.97. The smallest absolute Gasteiger partial charge is 0.307 e. The molecule has 0 aromatic carbocycles. The van der Waals surface area contributed by atoms with Gasteiger partial charge in [-0.1, -0.05) is 105 Å². The average molecular weight is 412 g/mol. The molecule has 0 rings (SSSR count). The van der Waals surface area contributed by atoms with Gasteiger partial charge in [-0.05, 0) is 25.2 Å². The summed E-state index contributed by atoms with van der Waals surface area (Å²) in [5, 5.41) is 12.6. The zero-order valence-electron chi connectivity index (χ0n) is 20.0. The standard InChI is InChI=1S/C25H49NO3/c1-6-9-10-11-12-13-14-15-16-17-18-19-20-25(5,7-2)22(24(28)29)21(4)23(27)26-8-3/h21-22H,6-20H2,1-5H3,(H,26,27)(H,28,29). The van der Waals surface area contributed by atoms with E-state index in [-0.39, 0.29) is 11.3 Å². The summed E-state index contributed by atoms with van der Waals surface area (Å²) in [5.41, 5.74) is -0.338. The van der Waals surface area contributed by atoms with Gasteiger partial charge in [-0.2, -0.15) is 0 Å². The van der Waals surface area contributed by atoms with Crippen molar-refractivity contribution in [1.29, 1.82) is 0 Å². The van der Waals surface area contributed by atoms with Crippen LogP contribution in [0.15, 0.2) is 0 Å². The van der Waals surface area contributed by atoms with Crippen molar-refractivity contribution in [3.63, 3.8) is 0 Å². The number of carboxylic acids is 1. The Labute approximate surface area is 180 Å². The lowest BCUT2D eigenvalue weighted by Crippen LogP contribution is -2.44. The molecule has 0 aliphatic rings. The summed E-state index contributed by atoms with van der Waals surface area (Å²) >= 11 is 0. The third kappa shape index (κ3) is 11.6. The highest BCUT2D eigenvalue weighted by atomic mass is 16.4. The van der Waals surface area contributed by atoms with Crippen molar-refractivity contribution >= 4 is 11.9 Å². The Kier molecular flexibility index (Phi) is 16.1. The SMILES string of the molecule is CCCCCCCCCCCCCCC(C)(CC)C(C(=O)O)C(C)C(=O)NCC. The Hall–Kier alpha value is -1.06. The highest BCUT2D eigenvalue weighted by Gasteiger charge is 2.43. The van der Waals surface area contributed by atoms with Crippen LogP contribution in [-0.2, 0) is 9.59 Å². The number of hydrogen-bond acceptors (Lipinski definition) is 2. The Morgan fingerprint density at radius 3 is 1.66 bits per heavy atom. The molecule has 172 valence electrons. The Morgan fingerprint density at radius 2 is 1.28 bits per heavy atom. The number of carboxylic acid groups (broad SMARTS) is 1. The van der Waals surface area contributed by atoms with Crippen LogP contribution in [-0.4, -0.2) is 23.5 Å².